The van der Waals surface area contributed by atoms with Crippen molar-refractivity contribution in [2.24, 2.45) is 23.3 Å². The number of hydrogen-bond donors (Lipinski definition) is 17. The van der Waals surface area contributed by atoms with E-state index in [0.29, 0.717) is 30.4 Å². The number of aliphatic hydroxyl groups excluding tert-OH is 1. The Balaban J connectivity index is 1.07. The minimum absolute atomic E-state index is 0.0423. The quantitative estimate of drug-likeness (QED) is 0.0258. The molecule has 596 valence electrons. The number of rotatable bonds is 39. The minimum Gasteiger partial charge on any atom is -0.481 e. The van der Waals surface area contributed by atoms with E-state index in [-0.39, 0.29) is 76.9 Å². The molecule has 3 fully saturated rings. The molecule has 3 aliphatic rings. The lowest BCUT2D eigenvalue weighted by Crippen LogP contribution is -2.61. The lowest BCUT2D eigenvalue weighted by molar-refractivity contribution is -0.147. The van der Waals surface area contributed by atoms with Crippen LogP contribution in [0, 0.1) is 11.8 Å². The molecular formula is C72H103N17O20. The Bertz CT molecular complexity index is 3830. The van der Waals surface area contributed by atoms with Crippen LogP contribution in [0.4, 0.5) is 0 Å². The van der Waals surface area contributed by atoms with Gasteiger partial charge in [-0.05, 0) is 108 Å². The van der Waals surface area contributed by atoms with Gasteiger partial charge in [0.25, 0.3) is 0 Å². The standard InChI is InChI=1S/C72H103N17O20/c1-36(2)29-47(84-68(104)58(37(3)4)86-67(103)53-22-15-26-87(53)69(105)39(6)79-62(98)49(81-60(96)45(73)24-25-55(74)91)31-43-33-75-46-20-13-12-19-44(43)46)63(99)83-50(32-57(93)94)64(100)82-48(30-42-17-10-9-11-18-42)61(97)78-40(7)70(106)89-28-16-23-54(89)71(107)88-27-14-21-52(88)66(102)76-34-56(92)77-38(5)59(95)85-51(35-90)65(101)80-41(8)72(108)109/h9-13,17-20,33,36-41,45,47-54,58,75,90H,14-16,21-32,34-35,73H2,1-8H3,(H2,74,91)(H,76,102)(H,77,92)(H,78,97)(H,79,98)(H,80,101)(H,81,96)(H,82,100)(H,83,99)(H,84,104)(H,85,95)(H,86,103)(H,93,94)(H,108,109)/t38-,39-,40-,41-,45-,47-,48-,49-,50-,51-,52-,53-,54-,58-/m0/s1. The highest BCUT2D eigenvalue weighted by Crippen LogP contribution is 2.27. The summed E-state index contributed by atoms with van der Waals surface area (Å²) in [6.07, 6.45) is 1.61. The Morgan fingerprint density at radius 3 is 1.59 bits per heavy atom. The fraction of sp³-hybridized carbons (Fsp3) is 0.569. The number of nitrogens with one attached hydrogen (secondary N) is 12. The number of hydrogen-bond acceptors (Lipinski definition) is 19. The summed E-state index contributed by atoms with van der Waals surface area (Å²) in [6, 6.07) is -3.30. The molecule has 2 aromatic carbocycles. The van der Waals surface area contributed by atoms with Gasteiger partial charge in [-0.15, -0.1) is 0 Å². The number of likely N-dealkylation sites (tertiary alicyclic amines) is 3. The molecule has 3 saturated heterocycles. The van der Waals surface area contributed by atoms with Crippen molar-refractivity contribution in [1.82, 2.24) is 78.2 Å². The zero-order valence-electron chi connectivity index (χ0n) is 62.3. The van der Waals surface area contributed by atoms with Crippen LogP contribution in [-0.4, -0.2) is 253 Å². The first-order valence-electron chi connectivity index (χ1n) is 36.4. The van der Waals surface area contributed by atoms with Crippen molar-refractivity contribution in [3.63, 3.8) is 0 Å². The molecule has 3 aromatic rings. The average molecular weight is 1530 g/mol. The second-order valence-corrected chi connectivity index (χ2v) is 28.4. The van der Waals surface area contributed by atoms with Crippen LogP contribution in [0.25, 0.3) is 10.9 Å². The summed E-state index contributed by atoms with van der Waals surface area (Å²) in [4.78, 5) is 236. The van der Waals surface area contributed by atoms with Crippen molar-refractivity contribution in [3.05, 3.63) is 71.9 Å². The SMILES string of the molecule is CC(C)C[C@H](NC(=O)[C@@H](NC(=O)[C@@H]1CCCN1C(=O)[C@H](C)NC(=O)[C@H](Cc1c[nH]c2ccccc12)NC(=O)[C@@H](N)CCC(N)=O)C(C)C)C(=O)N[C@@H](CC(=O)O)C(=O)N[C@@H](Cc1ccccc1)C(=O)N[C@@H](C)C(=O)N1CCC[C@H]1C(=O)N1CCC[C@H]1C(=O)NCC(=O)N[C@@H](C)C(=O)N[C@@H](CO)C(=O)N[C@@H](C)C(=O)O. The Labute approximate surface area is 629 Å². The van der Waals surface area contributed by atoms with Crippen LogP contribution >= 0.6 is 0 Å². The monoisotopic (exact) mass is 1530 g/mol. The molecule has 0 radical (unpaired) electrons. The molecule has 19 N–H and O–H groups in total. The topological polar surface area (TPSA) is 561 Å². The maximum Gasteiger partial charge on any atom is 0.325 e. The smallest absolute Gasteiger partial charge is 0.325 e. The Hall–Kier alpha value is -11.1. The molecule has 0 unspecified atom stereocenters. The van der Waals surface area contributed by atoms with E-state index in [1.807, 2.05) is 18.2 Å². The van der Waals surface area contributed by atoms with Gasteiger partial charge in [-0.3, -0.25) is 81.5 Å². The van der Waals surface area contributed by atoms with Crippen molar-refractivity contribution in [1.29, 1.82) is 0 Å². The van der Waals surface area contributed by atoms with E-state index in [2.05, 4.69) is 63.5 Å². The number of nitrogens with zero attached hydrogens (tertiary/aromatic N) is 3. The number of benzene rings is 2. The van der Waals surface area contributed by atoms with Gasteiger partial charge in [-0.25, -0.2) is 0 Å². The lowest BCUT2D eigenvalue weighted by Gasteiger charge is -2.32. The van der Waals surface area contributed by atoms with Crippen LogP contribution in [0.3, 0.4) is 0 Å². The molecule has 1 aromatic heterocycles. The third-order valence-corrected chi connectivity index (χ3v) is 19.0. The predicted molar refractivity (Wildman–Crippen MR) is 389 cm³/mol. The molecule has 14 atom stereocenters. The second kappa shape index (κ2) is 40.7. The Morgan fingerprint density at radius 1 is 0.514 bits per heavy atom. The molecule has 0 aliphatic carbocycles. The number of H-pyrrole nitrogens is 1. The number of carboxylic acid groups (broad SMARTS) is 2. The molecule has 109 heavy (non-hydrogen) atoms. The van der Waals surface area contributed by atoms with Crippen molar-refractivity contribution >= 4 is 111 Å². The highest BCUT2D eigenvalue weighted by molar-refractivity contribution is 6.01. The summed E-state index contributed by atoms with van der Waals surface area (Å²) in [5.74, 6) is -16.2. The molecule has 0 bridgehead atoms. The summed E-state index contributed by atoms with van der Waals surface area (Å²) in [6.45, 7) is 10.6. The largest absolute Gasteiger partial charge is 0.481 e. The highest BCUT2D eigenvalue weighted by Gasteiger charge is 2.45. The minimum atomic E-state index is -1.89. The second-order valence-electron chi connectivity index (χ2n) is 28.4. The van der Waals surface area contributed by atoms with Gasteiger partial charge >= 0.3 is 11.9 Å². The van der Waals surface area contributed by atoms with Crippen molar-refractivity contribution in [2.75, 3.05) is 32.8 Å². The number of carbonyl (C=O) groups excluding carboxylic acids is 15. The van der Waals surface area contributed by atoms with Gasteiger partial charge in [-0.1, -0.05) is 76.2 Å². The molecule has 0 spiro atoms. The van der Waals surface area contributed by atoms with Gasteiger partial charge in [0.1, 0.15) is 78.5 Å². The molecular weight excluding hydrogens is 1420 g/mol. The molecule has 3 aliphatic heterocycles. The lowest BCUT2D eigenvalue weighted by atomic mass is 9.99. The molecule has 37 heteroatoms. The van der Waals surface area contributed by atoms with Crippen LogP contribution in [0.15, 0.2) is 60.8 Å². The molecule has 6 rings (SSSR count). The normalized spacial score (nSPS) is 18.5. The summed E-state index contributed by atoms with van der Waals surface area (Å²) < 4.78 is 0. The summed E-state index contributed by atoms with van der Waals surface area (Å²) >= 11 is 0. The van der Waals surface area contributed by atoms with E-state index in [1.165, 1.54) is 42.4 Å². The number of nitrogens with two attached hydrogens (primary N) is 2. The number of aromatic amines is 1. The van der Waals surface area contributed by atoms with E-state index in [1.54, 1.807) is 70.3 Å². The molecule has 37 nitrogen and oxygen atoms in total. The summed E-state index contributed by atoms with van der Waals surface area (Å²) in [7, 11) is 0. The van der Waals surface area contributed by atoms with Gasteiger partial charge in [0.2, 0.25) is 88.6 Å². The van der Waals surface area contributed by atoms with Crippen LogP contribution in [-0.2, 0) is 94.3 Å². The first kappa shape index (κ1) is 86.8. The first-order chi connectivity index (χ1) is 51.5. The number of aliphatic carboxylic acids is 2. The third kappa shape index (κ3) is 25.0. The van der Waals surface area contributed by atoms with Crippen LogP contribution in [0.5, 0.6) is 0 Å². The molecule has 4 heterocycles. The Morgan fingerprint density at radius 2 is 1.01 bits per heavy atom. The summed E-state index contributed by atoms with van der Waals surface area (Å²) in [5, 5.41) is 57.0. The van der Waals surface area contributed by atoms with Crippen LogP contribution in [0.1, 0.15) is 131 Å². The maximum atomic E-state index is 14.4. The Kier molecular flexibility index (Phi) is 32.4. The molecule has 0 saturated carbocycles. The average Bonchev–Trinajstić information content (AvgIpc) is 1.67. The number of aliphatic hydroxyl groups is 1. The van der Waals surface area contributed by atoms with Gasteiger partial charge in [0, 0.05) is 56.0 Å². The summed E-state index contributed by atoms with van der Waals surface area (Å²) in [5.41, 5.74) is 13.3. The van der Waals surface area contributed by atoms with E-state index < -0.39 is 211 Å². The van der Waals surface area contributed by atoms with Crippen LogP contribution in [0.2, 0.25) is 0 Å². The fourth-order valence-corrected chi connectivity index (χ4v) is 13.0. The van der Waals surface area contributed by atoms with Crippen LogP contribution < -0.4 is 70.0 Å². The number of carbonyl (C=O) groups is 17. The zero-order chi connectivity index (χ0) is 80.7. The van der Waals surface area contributed by atoms with Crippen molar-refractivity contribution in [3.8, 4) is 0 Å². The zero-order valence-corrected chi connectivity index (χ0v) is 62.3. The van der Waals surface area contributed by atoms with E-state index >= 15 is 0 Å². The third-order valence-electron chi connectivity index (χ3n) is 19.0. The van der Waals surface area contributed by atoms with Crippen molar-refractivity contribution < 1.29 is 96.8 Å². The number of para-hydroxylation sites is 1. The number of fused-ring (bicyclic) bond motifs is 1. The van der Waals surface area contributed by atoms with Gasteiger partial charge in [0.15, 0.2) is 0 Å². The maximum absolute atomic E-state index is 14.4. The highest BCUT2D eigenvalue weighted by atomic mass is 16.4. The van der Waals surface area contributed by atoms with E-state index in [4.69, 9.17) is 16.6 Å². The van der Waals surface area contributed by atoms with E-state index in [0.717, 1.165) is 10.9 Å². The van der Waals surface area contributed by atoms with E-state index in [9.17, 15) is 91.7 Å². The van der Waals surface area contributed by atoms with Crippen molar-refractivity contribution in [2.45, 2.75) is 217 Å². The van der Waals surface area contributed by atoms with Gasteiger partial charge < -0.3 is 105 Å². The predicted octanol–water partition coefficient (Wildman–Crippen LogP) is -4.18. The number of carboxylic acids is 2. The van der Waals surface area contributed by atoms with Gasteiger partial charge in [-0.2, -0.15) is 0 Å². The molecule has 15 amide bonds. The fourth-order valence-electron chi connectivity index (χ4n) is 13.0. The number of primary amides is 1. The number of amides is 15. The number of aromatic nitrogens is 1. The van der Waals surface area contributed by atoms with Gasteiger partial charge in [0.05, 0.1) is 25.6 Å². The first-order valence-corrected chi connectivity index (χ1v) is 36.4.